The van der Waals surface area contributed by atoms with E-state index in [4.69, 9.17) is 4.74 Å². The van der Waals surface area contributed by atoms with Crippen LogP contribution in [0.25, 0.3) is 0 Å². The van der Waals surface area contributed by atoms with Crippen LogP contribution in [-0.4, -0.2) is 18.4 Å². The quantitative estimate of drug-likeness (QED) is 0.436. The van der Waals surface area contributed by atoms with Crippen molar-refractivity contribution in [3.8, 4) is 0 Å². The van der Waals surface area contributed by atoms with Crippen molar-refractivity contribution in [2.24, 2.45) is 5.92 Å². The Morgan fingerprint density at radius 1 is 1.57 bits per heavy atom. The Morgan fingerprint density at radius 3 is 2.79 bits per heavy atom. The van der Waals surface area contributed by atoms with E-state index >= 15 is 0 Å². The van der Waals surface area contributed by atoms with E-state index in [2.05, 4.69) is 0 Å². The van der Waals surface area contributed by atoms with Gasteiger partial charge in [-0.1, -0.05) is 6.07 Å². The fourth-order valence-corrected chi connectivity index (χ4v) is 1.76. The van der Waals surface area contributed by atoms with Gasteiger partial charge in [0, 0.05) is 0 Å². The van der Waals surface area contributed by atoms with Crippen molar-refractivity contribution in [3.05, 3.63) is 22.4 Å². The van der Waals surface area contributed by atoms with Crippen molar-refractivity contribution in [2.45, 2.75) is 13.8 Å². The molecule has 1 atom stereocenters. The Balaban J connectivity index is 2.66. The van der Waals surface area contributed by atoms with Crippen molar-refractivity contribution in [1.82, 2.24) is 0 Å². The number of Topliss-reactive ketones (excluding diaryl/α,β-unsaturated/α-hetero) is 1. The molecule has 0 aliphatic heterocycles. The van der Waals surface area contributed by atoms with E-state index in [9.17, 15) is 9.59 Å². The summed E-state index contributed by atoms with van der Waals surface area (Å²) in [4.78, 5) is 23.5. The molecule has 14 heavy (non-hydrogen) atoms. The van der Waals surface area contributed by atoms with Crippen LogP contribution in [-0.2, 0) is 9.53 Å². The summed E-state index contributed by atoms with van der Waals surface area (Å²) in [5.74, 6) is -1.32. The number of carbonyl (C=O) groups is 2. The largest absolute Gasteiger partial charge is 0.465 e. The Hall–Kier alpha value is -1.16. The van der Waals surface area contributed by atoms with E-state index < -0.39 is 11.9 Å². The molecule has 0 aliphatic carbocycles. The Kier molecular flexibility index (Phi) is 3.83. The number of hydrogen-bond donors (Lipinski definition) is 0. The molecule has 0 saturated carbocycles. The fourth-order valence-electron chi connectivity index (χ4n) is 1.01. The molecule has 1 heterocycles. The van der Waals surface area contributed by atoms with Crippen LogP contribution in [0, 0.1) is 5.92 Å². The van der Waals surface area contributed by atoms with Crippen LogP contribution in [0.1, 0.15) is 23.5 Å². The van der Waals surface area contributed by atoms with Gasteiger partial charge in [-0.15, -0.1) is 11.3 Å². The third-order valence-corrected chi connectivity index (χ3v) is 2.68. The summed E-state index contributed by atoms with van der Waals surface area (Å²) in [6.45, 7) is 3.60. The van der Waals surface area contributed by atoms with E-state index in [-0.39, 0.29) is 5.78 Å². The van der Waals surface area contributed by atoms with Crippen LogP contribution in [0.15, 0.2) is 17.5 Å². The summed E-state index contributed by atoms with van der Waals surface area (Å²) < 4.78 is 4.77. The minimum Gasteiger partial charge on any atom is -0.465 e. The minimum atomic E-state index is -0.700. The second-order valence-electron chi connectivity index (χ2n) is 2.82. The second kappa shape index (κ2) is 4.91. The lowest BCUT2D eigenvalue weighted by Crippen LogP contribution is -2.22. The minimum absolute atomic E-state index is 0.168. The number of thiophene rings is 1. The van der Waals surface area contributed by atoms with Crippen LogP contribution in [0.3, 0.4) is 0 Å². The van der Waals surface area contributed by atoms with Gasteiger partial charge in [0.2, 0.25) is 0 Å². The summed E-state index contributed by atoms with van der Waals surface area (Å²) in [6.07, 6.45) is 0. The fraction of sp³-hybridized carbons (Fsp3) is 0.400. The molecule has 0 aromatic carbocycles. The second-order valence-corrected chi connectivity index (χ2v) is 3.76. The molecular formula is C10H12O3S. The summed E-state index contributed by atoms with van der Waals surface area (Å²) in [6, 6.07) is 3.50. The van der Waals surface area contributed by atoms with Crippen LogP contribution in [0.4, 0.5) is 0 Å². The zero-order chi connectivity index (χ0) is 10.6. The first kappa shape index (κ1) is 10.9. The van der Waals surface area contributed by atoms with Crippen molar-refractivity contribution >= 4 is 23.1 Å². The SMILES string of the molecule is CCOC(=O)[C@H](C)C(=O)c1cccs1. The molecule has 0 spiro atoms. The van der Waals surface area contributed by atoms with E-state index in [0.29, 0.717) is 11.5 Å². The van der Waals surface area contributed by atoms with Crippen molar-refractivity contribution in [2.75, 3.05) is 6.61 Å². The van der Waals surface area contributed by atoms with Crippen molar-refractivity contribution in [3.63, 3.8) is 0 Å². The zero-order valence-electron chi connectivity index (χ0n) is 8.15. The molecule has 0 saturated heterocycles. The summed E-state index contributed by atoms with van der Waals surface area (Å²) in [5.41, 5.74) is 0. The van der Waals surface area contributed by atoms with E-state index in [1.807, 2.05) is 5.38 Å². The summed E-state index contributed by atoms with van der Waals surface area (Å²) in [7, 11) is 0. The molecule has 0 bridgehead atoms. The molecule has 4 heteroatoms. The Bertz CT molecular complexity index is 316. The van der Waals surface area contributed by atoms with Gasteiger partial charge in [-0.3, -0.25) is 9.59 Å². The number of carbonyl (C=O) groups excluding carboxylic acids is 2. The molecule has 76 valence electrons. The van der Waals surface area contributed by atoms with E-state index in [1.54, 1.807) is 26.0 Å². The molecule has 0 aliphatic rings. The topological polar surface area (TPSA) is 43.4 Å². The average Bonchev–Trinajstić information content (AvgIpc) is 2.68. The van der Waals surface area contributed by atoms with Crippen LogP contribution in [0.5, 0.6) is 0 Å². The number of ether oxygens (including phenoxy) is 1. The maximum atomic E-state index is 11.6. The summed E-state index contributed by atoms with van der Waals surface area (Å²) >= 11 is 1.34. The lowest BCUT2D eigenvalue weighted by molar-refractivity contribution is -0.145. The van der Waals surface area contributed by atoms with Gasteiger partial charge >= 0.3 is 5.97 Å². The van der Waals surface area contributed by atoms with Gasteiger partial charge in [-0.2, -0.15) is 0 Å². The smallest absolute Gasteiger partial charge is 0.316 e. The van der Waals surface area contributed by atoms with Crippen LogP contribution in [0.2, 0.25) is 0 Å². The molecule has 0 unspecified atom stereocenters. The van der Waals surface area contributed by atoms with Crippen molar-refractivity contribution in [1.29, 1.82) is 0 Å². The zero-order valence-corrected chi connectivity index (χ0v) is 8.97. The van der Waals surface area contributed by atoms with Gasteiger partial charge < -0.3 is 4.74 Å². The molecule has 0 N–H and O–H groups in total. The highest BCUT2D eigenvalue weighted by Crippen LogP contribution is 2.15. The van der Waals surface area contributed by atoms with Gasteiger partial charge in [-0.25, -0.2) is 0 Å². The third kappa shape index (κ3) is 2.42. The normalized spacial score (nSPS) is 12.1. The van der Waals surface area contributed by atoms with Crippen LogP contribution < -0.4 is 0 Å². The third-order valence-electron chi connectivity index (χ3n) is 1.80. The van der Waals surface area contributed by atoms with Gasteiger partial charge in [0.15, 0.2) is 5.78 Å². The first-order valence-corrected chi connectivity index (χ1v) is 5.29. The van der Waals surface area contributed by atoms with E-state index in [1.165, 1.54) is 11.3 Å². The lowest BCUT2D eigenvalue weighted by atomic mass is 10.1. The predicted octanol–water partition coefficient (Wildman–Crippen LogP) is 2.13. The first-order chi connectivity index (χ1) is 6.66. The first-order valence-electron chi connectivity index (χ1n) is 4.41. The van der Waals surface area contributed by atoms with Gasteiger partial charge in [0.05, 0.1) is 11.5 Å². The van der Waals surface area contributed by atoms with Crippen molar-refractivity contribution < 1.29 is 14.3 Å². The molecule has 0 amide bonds. The average molecular weight is 212 g/mol. The lowest BCUT2D eigenvalue weighted by Gasteiger charge is -2.07. The van der Waals surface area contributed by atoms with Gasteiger partial charge in [-0.05, 0) is 25.3 Å². The van der Waals surface area contributed by atoms with Crippen LogP contribution >= 0.6 is 11.3 Å². The monoisotopic (exact) mass is 212 g/mol. The Morgan fingerprint density at radius 2 is 2.29 bits per heavy atom. The maximum absolute atomic E-state index is 11.6. The molecule has 0 fully saturated rings. The highest BCUT2D eigenvalue weighted by Gasteiger charge is 2.24. The van der Waals surface area contributed by atoms with E-state index in [0.717, 1.165) is 0 Å². The molecule has 3 nitrogen and oxygen atoms in total. The molecule has 0 radical (unpaired) electrons. The predicted molar refractivity (Wildman–Crippen MR) is 54.4 cm³/mol. The molecular weight excluding hydrogens is 200 g/mol. The van der Waals surface area contributed by atoms with Gasteiger partial charge in [0.25, 0.3) is 0 Å². The number of ketones is 1. The molecule has 1 aromatic heterocycles. The molecule has 1 aromatic rings. The maximum Gasteiger partial charge on any atom is 0.316 e. The highest BCUT2D eigenvalue weighted by molar-refractivity contribution is 7.12. The standard InChI is InChI=1S/C10H12O3S/c1-3-13-10(12)7(2)9(11)8-5-4-6-14-8/h4-7H,3H2,1-2H3/t7-/m1/s1. The highest BCUT2D eigenvalue weighted by atomic mass is 32.1. The number of esters is 1. The number of hydrogen-bond acceptors (Lipinski definition) is 4. The molecule has 1 rings (SSSR count). The number of rotatable bonds is 4. The summed E-state index contributed by atoms with van der Waals surface area (Å²) in [5, 5.41) is 1.81. The Labute approximate surface area is 86.7 Å². The van der Waals surface area contributed by atoms with Gasteiger partial charge in [0.1, 0.15) is 5.92 Å².